The fourth-order valence-electron chi connectivity index (χ4n) is 2.53. The van der Waals surface area contributed by atoms with Crippen molar-refractivity contribution in [2.45, 2.75) is 19.8 Å². The molecule has 2 N–H and O–H groups in total. The molecule has 2 heteroatoms. The fourth-order valence-corrected chi connectivity index (χ4v) is 2.53. The smallest absolute Gasteiger partial charge is 0.184 e. The Labute approximate surface area is 119 Å². The maximum absolute atomic E-state index is 9.88. The van der Waals surface area contributed by atoms with Gasteiger partial charge in [0.25, 0.3) is 0 Å². The molecule has 20 heavy (non-hydrogen) atoms. The van der Waals surface area contributed by atoms with Crippen LogP contribution in [0.1, 0.15) is 19.8 Å². The van der Waals surface area contributed by atoms with E-state index in [1.807, 2.05) is 18.2 Å². The largest absolute Gasteiger partial charge is 0.367 e. The summed E-state index contributed by atoms with van der Waals surface area (Å²) in [5.41, 5.74) is 0.958. The summed E-state index contributed by atoms with van der Waals surface area (Å²) < 4.78 is 0. The Balaban J connectivity index is 2.10. The third-order valence-electron chi connectivity index (χ3n) is 3.51. The second kappa shape index (κ2) is 5.51. The van der Waals surface area contributed by atoms with Gasteiger partial charge in [0, 0.05) is 11.1 Å². The van der Waals surface area contributed by atoms with Crippen molar-refractivity contribution in [2.24, 2.45) is 0 Å². The van der Waals surface area contributed by atoms with Crippen LogP contribution in [0.25, 0.3) is 21.5 Å². The van der Waals surface area contributed by atoms with E-state index in [9.17, 15) is 5.11 Å². The molecular weight excluding hydrogens is 246 g/mol. The normalized spacial score (nSPS) is 11.3. The number of benzene rings is 3. The molecule has 0 aliphatic heterocycles. The zero-order valence-corrected chi connectivity index (χ0v) is 11.6. The summed E-state index contributed by atoms with van der Waals surface area (Å²) in [6.07, 6.45) is 1.92. The number of hydrogen-bond donors (Lipinski definition) is 2. The van der Waals surface area contributed by atoms with Crippen LogP contribution in [0.3, 0.4) is 0 Å². The van der Waals surface area contributed by atoms with Gasteiger partial charge in [-0.15, -0.1) is 0 Å². The Hall–Kier alpha value is -2.06. The van der Waals surface area contributed by atoms with Crippen LogP contribution in [-0.2, 0) is 0 Å². The standard InChI is InChI=1S/C18H18NO/c1-2-6-18(20)19-17-10-5-9-15-11-13-7-3-4-8-14(13)12-16(15)17/h3-5,7-12,19-20H,2,6H2,1H3. The highest BCUT2D eigenvalue weighted by molar-refractivity contribution is 6.03. The van der Waals surface area contributed by atoms with Crippen molar-refractivity contribution in [3.8, 4) is 0 Å². The van der Waals surface area contributed by atoms with E-state index in [4.69, 9.17) is 0 Å². The average Bonchev–Trinajstić information content (AvgIpc) is 2.46. The van der Waals surface area contributed by atoms with Crippen molar-refractivity contribution >= 4 is 27.2 Å². The summed E-state index contributed by atoms with van der Waals surface area (Å²) in [5.74, 6) is 0. The first-order valence-electron chi connectivity index (χ1n) is 7.01. The van der Waals surface area contributed by atoms with Crippen LogP contribution in [0.2, 0.25) is 0 Å². The third-order valence-corrected chi connectivity index (χ3v) is 3.51. The van der Waals surface area contributed by atoms with E-state index < -0.39 is 0 Å². The molecule has 0 unspecified atom stereocenters. The summed E-state index contributed by atoms with van der Waals surface area (Å²) in [7, 11) is 0. The zero-order valence-electron chi connectivity index (χ0n) is 11.6. The van der Waals surface area contributed by atoms with E-state index in [1.165, 1.54) is 16.2 Å². The minimum atomic E-state index is 0.327. The number of rotatable bonds is 4. The van der Waals surface area contributed by atoms with Crippen LogP contribution in [0.4, 0.5) is 5.69 Å². The first-order chi connectivity index (χ1) is 9.78. The van der Waals surface area contributed by atoms with Crippen molar-refractivity contribution < 1.29 is 5.11 Å². The van der Waals surface area contributed by atoms with E-state index >= 15 is 0 Å². The molecular formula is C18H18NO. The third kappa shape index (κ3) is 2.47. The number of aliphatic hydroxyl groups excluding tert-OH is 1. The van der Waals surface area contributed by atoms with Gasteiger partial charge in [-0.1, -0.05) is 49.7 Å². The minimum Gasteiger partial charge on any atom is -0.367 e. The van der Waals surface area contributed by atoms with Crippen LogP contribution in [0, 0.1) is 6.23 Å². The molecule has 0 heterocycles. The summed E-state index contributed by atoms with van der Waals surface area (Å²) in [6, 6.07) is 18.8. The lowest BCUT2D eigenvalue weighted by molar-refractivity contribution is 0.302. The van der Waals surface area contributed by atoms with Crippen LogP contribution in [-0.4, -0.2) is 5.11 Å². The van der Waals surface area contributed by atoms with Crippen LogP contribution in [0.5, 0.6) is 0 Å². The number of aliphatic hydroxyl groups is 1. The molecule has 0 spiro atoms. The van der Waals surface area contributed by atoms with Gasteiger partial charge < -0.3 is 10.4 Å². The summed E-state index contributed by atoms with van der Waals surface area (Å²) >= 11 is 0. The van der Waals surface area contributed by atoms with Gasteiger partial charge >= 0.3 is 0 Å². The van der Waals surface area contributed by atoms with Crippen LogP contribution >= 0.6 is 0 Å². The Morgan fingerprint density at radius 1 is 0.950 bits per heavy atom. The molecule has 0 saturated carbocycles. The molecule has 3 aromatic carbocycles. The van der Waals surface area contributed by atoms with E-state index in [-0.39, 0.29) is 0 Å². The van der Waals surface area contributed by atoms with Crippen molar-refractivity contribution in [3.05, 3.63) is 60.8 Å². The molecule has 0 aliphatic carbocycles. The number of anilines is 1. The Morgan fingerprint density at radius 2 is 1.65 bits per heavy atom. The SMILES string of the molecule is CCC[C](O)Nc1cccc2cc3ccccc3cc12. The Kier molecular flexibility index (Phi) is 3.57. The van der Waals surface area contributed by atoms with E-state index in [0.29, 0.717) is 12.6 Å². The highest BCUT2D eigenvalue weighted by Gasteiger charge is 2.07. The molecule has 0 saturated heterocycles. The van der Waals surface area contributed by atoms with Crippen LogP contribution < -0.4 is 5.32 Å². The van der Waals surface area contributed by atoms with E-state index in [0.717, 1.165) is 17.5 Å². The van der Waals surface area contributed by atoms with Gasteiger partial charge in [-0.3, -0.25) is 0 Å². The average molecular weight is 264 g/mol. The summed E-state index contributed by atoms with van der Waals surface area (Å²) in [5, 5.41) is 17.8. The predicted molar refractivity (Wildman–Crippen MR) is 85.2 cm³/mol. The number of nitrogens with one attached hydrogen (secondary N) is 1. The molecule has 0 bridgehead atoms. The molecule has 0 aromatic heterocycles. The van der Waals surface area contributed by atoms with Crippen LogP contribution in [0.15, 0.2) is 54.6 Å². The highest BCUT2D eigenvalue weighted by Crippen LogP contribution is 2.29. The van der Waals surface area contributed by atoms with Gasteiger partial charge in [0.1, 0.15) is 0 Å². The second-order valence-electron chi connectivity index (χ2n) is 5.05. The lowest BCUT2D eigenvalue weighted by Crippen LogP contribution is -2.08. The van der Waals surface area contributed by atoms with Gasteiger partial charge in [-0.05, 0) is 40.8 Å². The molecule has 0 amide bonds. The Morgan fingerprint density at radius 3 is 2.40 bits per heavy atom. The van der Waals surface area contributed by atoms with E-state index in [1.54, 1.807) is 0 Å². The van der Waals surface area contributed by atoms with Crippen molar-refractivity contribution in [1.29, 1.82) is 0 Å². The quantitative estimate of drug-likeness (QED) is 0.645. The topological polar surface area (TPSA) is 32.3 Å². The highest BCUT2D eigenvalue weighted by atomic mass is 16.3. The molecule has 0 atom stereocenters. The molecule has 101 valence electrons. The number of hydrogen-bond acceptors (Lipinski definition) is 2. The molecule has 0 aliphatic rings. The summed E-state index contributed by atoms with van der Waals surface area (Å²) in [6.45, 7) is 2.05. The van der Waals surface area contributed by atoms with Gasteiger partial charge in [-0.2, -0.15) is 0 Å². The Bertz CT molecular complexity index is 736. The first kappa shape index (κ1) is 12.9. The van der Waals surface area contributed by atoms with Crippen molar-refractivity contribution in [3.63, 3.8) is 0 Å². The lowest BCUT2D eigenvalue weighted by Gasteiger charge is -2.14. The lowest BCUT2D eigenvalue weighted by atomic mass is 10.0. The molecule has 2 nitrogen and oxygen atoms in total. The predicted octanol–water partition coefficient (Wildman–Crippen LogP) is 5.07. The maximum Gasteiger partial charge on any atom is 0.184 e. The molecule has 3 rings (SSSR count). The monoisotopic (exact) mass is 264 g/mol. The fraction of sp³-hybridized carbons (Fsp3) is 0.167. The van der Waals surface area contributed by atoms with Crippen molar-refractivity contribution in [2.75, 3.05) is 5.32 Å². The van der Waals surface area contributed by atoms with Crippen molar-refractivity contribution in [1.82, 2.24) is 0 Å². The van der Waals surface area contributed by atoms with Gasteiger partial charge in [0.2, 0.25) is 0 Å². The number of fused-ring (bicyclic) bond motifs is 2. The van der Waals surface area contributed by atoms with Gasteiger partial charge in [0.15, 0.2) is 6.23 Å². The zero-order chi connectivity index (χ0) is 13.9. The second-order valence-corrected chi connectivity index (χ2v) is 5.05. The maximum atomic E-state index is 9.88. The molecule has 1 radical (unpaired) electrons. The molecule has 3 aromatic rings. The van der Waals surface area contributed by atoms with Gasteiger partial charge in [0.05, 0.1) is 0 Å². The van der Waals surface area contributed by atoms with E-state index in [2.05, 4.69) is 48.6 Å². The minimum absolute atomic E-state index is 0.327. The molecule has 0 fully saturated rings. The first-order valence-corrected chi connectivity index (χ1v) is 7.01. The summed E-state index contributed by atoms with van der Waals surface area (Å²) in [4.78, 5) is 0. The van der Waals surface area contributed by atoms with Gasteiger partial charge in [-0.25, -0.2) is 0 Å².